The van der Waals surface area contributed by atoms with E-state index in [0.717, 1.165) is 18.4 Å². The Labute approximate surface area is 165 Å². The van der Waals surface area contributed by atoms with E-state index < -0.39 is 26.1 Å². The molecule has 1 N–H and O–H groups in total. The molecule has 27 heavy (non-hydrogen) atoms. The third-order valence-corrected chi connectivity index (χ3v) is 8.26. The maximum Gasteiger partial charge on any atom is 0.243 e. The molecule has 0 aromatic heterocycles. The minimum Gasteiger partial charge on any atom is -0.207 e. The summed E-state index contributed by atoms with van der Waals surface area (Å²) in [5.41, 5.74) is 0.774. The molecule has 1 unspecified atom stereocenters. The summed E-state index contributed by atoms with van der Waals surface area (Å²) in [6.07, 6.45) is 1.69. The Morgan fingerprint density at radius 1 is 0.889 bits per heavy atom. The van der Waals surface area contributed by atoms with Crippen LogP contribution in [0.4, 0.5) is 0 Å². The highest BCUT2D eigenvalue weighted by Crippen LogP contribution is 2.23. The zero-order valence-electron chi connectivity index (χ0n) is 14.8. The summed E-state index contributed by atoms with van der Waals surface area (Å²) in [7, 11) is -7.36. The van der Waals surface area contributed by atoms with Gasteiger partial charge in [-0.3, -0.25) is 0 Å². The van der Waals surface area contributed by atoms with Gasteiger partial charge < -0.3 is 0 Å². The fraction of sp³-hybridized carbons (Fsp3) is 0.333. The van der Waals surface area contributed by atoms with Crippen LogP contribution in [-0.4, -0.2) is 34.2 Å². The molecule has 0 bridgehead atoms. The van der Waals surface area contributed by atoms with Crippen molar-refractivity contribution in [3.8, 4) is 0 Å². The van der Waals surface area contributed by atoms with Gasteiger partial charge in [0.1, 0.15) is 0 Å². The predicted molar refractivity (Wildman–Crippen MR) is 105 cm³/mol. The number of halogens is 1. The first kappa shape index (κ1) is 20.3. The second-order valence-electron chi connectivity index (χ2n) is 6.48. The van der Waals surface area contributed by atoms with E-state index in [1.807, 2.05) is 0 Å². The number of benzene rings is 2. The van der Waals surface area contributed by atoms with Crippen molar-refractivity contribution < 1.29 is 16.8 Å². The van der Waals surface area contributed by atoms with E-state index in [1.54, 1.807) is 31.2 Å². The molecular weight excluding hydrogens is 408 g/mol. The van der Waals surface area contributed by atoms with Crippen LogP contribution in [0.25, 0.3) is 0 Å². The van der Waals surface area contributed by atoms with E-state index in [-0.39, 0.29) is 9.79 Å². The molecule has 0 spiro atoms. The van der Waals surface area contributed by atoms with Crippen LogP contribution < -0.4 is 4.72 Å². The Bertz CT molecular complexity index is 998. The second-order valence-corrected chi connectivity index (χ2v) is 10.6. The van der Waals surface area contributed by atoms with E-state index >= 15 is 0 Å². The van der Waals surface area contributed by atoms with Gasteiger partial charge >= 0.3 is 0 Å². The lowest BCUT2D eigenvalue weighted by molar-refractivity contribution is 0.477. The molecule has 1 aliphatic rings. The molecule has 1 heterocycles. The van der Waals surface area contributed by atoms with Gasteiger partial charge in [-0.05, 0) is 61.7 Å². The average Bonchev–Trinajstić information content (AvgIpc) is 3.17. The molecule has 1 saturated heterocycles. The lowest BCUT2D eigenvalue weighted by Gasteiger charge is -2.17. The maximum atomic E-state index is 12.6. The van der Waals surface area contributed by atoms with Gasteiger partial charge in [0.05, 0.1) is 9.79 Å². The van der Waals surface area contributed by atoms with Crippen molar-refractivity contribution in [3.05, 3.63) is 59.1 Å². The molecule has 146 valence electrons. The van der Waals surface area contributed by atoms with Crippen molar-refractivity contribution in [1.82, 2.24) is 9.03 Å². The summed E-state index contributed by atoms with van der Waals surface area (Å²) in [4.78, 5) is 0.123. The molecule has 0 radical (unpaired) electrons. The summed E-state index contributed by atoms with van der Waals surface area (Å²) in [5, 5.41) is 0.573. The van der Waals surface area contributed by atoms with Crippen molar-refractivity contribution >= 4 is 31.6 Å². The van der Waals surface area contributed by atoms with Gasteiger partial charge in [-0.15, -0.1) is 0 Å². The first-order valence-electron chi connectivity index (χ1n) is 8.58. The standard InChI is InChI=1S/C18H21ClN2O4S2/c1-14(15-4-6-16(19)7-5-15)20-26(22,23)17-8-10-18(11-9-17)27(24,25)21-12-2-3-13-21/h4-11,14,20H,2-3,12-13H2,1H3. The van der Waals surface area contributed by atoms with Crippen molar-refractivity contribution in [2.75, 3.05) is 13.1 Å². The summed E-state index contributed by atoms with van der Waals surface area (Å²) in [6, 6.07) is 11.8. The minimum atomic E-state index is -3.79. The van der Waals surface area contributed by atoms with Gasteiger partial charge in [0, 0.05) is 24.2 Å². The molecular formula is C18H21ClN2O4S2. The van der Waals surface area contributed by atoms with Crippen molar-refractivity contribution in [2.24, 2.45) is 0 Å². The van der Waals surface area contributed by atoms with E-state index in [0.29, 0.717) is 18.1 Å². The second kappa shape index (κ2) is 7.89. The number of hydrogen-bond donors (Lipinski definition) is 1. The Morgan fingerprint density at radius 3 is 1.96 bits per heavy atom. The molecule has 2 aromatic carbocycles. The Hall–Kier alpha value is -1.45. The average molecular weight is 429 g/mol. The Kier molecular flexibility index (Phi) is 5.93. The van der Waals surface area contributed by atoms with Crippen molar-refractivity contribution in [2.45, 2.75) is 35.6 Å². The molecule has 1 atom stereocenters. The monoisotopic (exact) mass is 428 g/mol. The van der Waals surface area contributed by atoms with E-state index in [1.165, 1.54) is 28.6 Å². The molecule has 0 saturated carbocycles. The highest BCUT2D eigenvalue weighted by Gasteiger charge is 2.27. The first-order valence-corrected chi connectivity index (χ1v) is 11.9. The van der Waals surface area contributed by atoms with Crippen LogP contribution in [0, 0.1) is 0 Å². The van der Waals surface area contributed by atoms with Crippen molar-refractivity contribution in [1.29, 1.82) is 0 Å². The quantitative estimate of drug-likeness (QED) is 0.765. The van der Waals surface area contributed by atoms with Gasteiger partial charge in [-0.2, -0.15) is 4.31 Å². The van der Waals surface area contributed by atoms with Crippen LogP contribution in [0.15, 0.2) is 58.3 Å². The molecule has 3 rings (SSSR count). The van der Waals surface area contributed by atoms with Gasteiger partial charge in [-0.25, -0.2) is 21.6 Å². The predicted octanol–water partition coefficient (Wildman–Crippen LogP) is 3.16. The summed E-state index contributed by atoms with van der Waals surface area (Å²) in [5.74, 6) is 0. The molecule has 1 fully saturated rings. The molecule has 1 aliphatic heterocycles. The topological polar surface area (TPSA) is 83.5 Å². The fourth-order valence-corrected chi connectivity index (χ4v) is 5.86. The molecule has 0 amide bonds. The molecule has 2 aromatic rings. The first-order chi connectivity index (χ1) is 12.7. The van der Waals surface area contributed by atoms with Crippen LogP contribution in [0.5, 0.6) is 0 Å². The minimum absolute atomic E-state index is 0.0173. The van der Waals surface area contributed by atoms with Gasteiger partial charge in [0.15, 0.2) is 0 Å². The lowest BCUT2D eigenvalue weighted by atomic mass is 10.1. The molecule has 9 heteroatoms. The number of rotatable bonds is 6. The third kappa shape index (κ3) is 4.52. The number of nitrogens with zero attached hydrogens (tertiary/aromatic N) is 1. The molecule has 0 aliphatic carbocycles. The molecule has 6 nitrogen and oxygen atoms in total. The third-order valence-electron chi connectivity index (χ3n) is 4.54. The zero-order valence-corrected chi connectivity index (χ0v) is 17.2. The number of sulfonamides is 2. The maximum absolute atomic E-state index is 12.6. The highest BCUT2D eigenvalue weighted by atomic mass is 35.5. The largest absolute Gasteiger partial charge is 0.243 e. The van der Waals surface area contributed by atoms with Crippen LogP contribution in [0.2, 0.25) is 5.02 Å². The lowest BCUT2D eigenvalue weighted by Crippen LogP contribution is -2.28. The number of nitrogens with one attached hydrogen (secondary N) is 1. The van der Waals surface area contributed by atoms with Gasteiger partial charge in [-0.1, -0.05) is 23.7 Å². The fourth-order valence-electron chi connectivity index (χ4n) is 2.99. The van der Waals surface area contributed by atoms with E-state index in [4.69, 9.17) is 11.6 Å². The van der Waals surface area contributed by atoms with Crippen LogP contribution in [0.3, 0.4) is 0 Å². The van der Waals surface area contributed by atoms with E-state index in [9.17, 15) is 16.8 Å². The summed E-state index contributed by atoms with van der Waals surface area (Å²) >= 11 is 5.85. The highest BCUT2D eigenvalue weighted by molar-refractivity contribution is 7.89. The van der Waals surface area contributed by atoms with Gasteiger partial charge in [0.25, 0.3) is 0 Å². The zero-order chi connectivity index (χ0) is 19.7. The van der Waals surface area contributed by atoms with Crippen LogP contribution in [0.1, 0.15) is 31.4 Å². The Balaban J connectivity index is 1.78. The Morgan fingerprint density at radius 2 is 1.41 bits per heavy atom. The normalized spacial score (nSPS) is 17.1. The van der Waals surface area contributed by atoms with Crippen molar-refractivity contribution in [3.63, 3.8) is 0 Å². The SMILES string of the molecule is CC(NS(=O)(=O)c1ccc(S(=O)(=O)N2CCCC2)cc1)c1ccc(Cl)cc1. The van der Waals surface area contributed by atoms with E-state index in [2.05, 4.69) is 4.72 Å². The smallest absolute Gasteiger partial charge is 0.207 e. The number of hydrogen-bond acceptors (Lipinski definition) is 4. The summed E-state index contributed by atoms with van der Waals surface area (Å²) in [6.45, 7) is 2.73. The summed E-state index contributed by atoms with van der Waals surface area (Å²) < 4.78 is 54.3. The van der Waals surface area contributed by atoms with Gasteiger partial charge in [0.2, 0.25) is 20.0 Å². The van der Waals surface area contributed by atoms with Crippen LogP contribution >= 0.6 is 11.6 Å². The van der Waals surface area contributed by atoms with Crippen LogP contribution in [-0.2, 0) is 20.0 Å².